The third kappa shape index (κ3) is 4.64. The molecule has 1 amide bonds. The zero-order valence-corrected chi connectivity index (χ0v) is 18.7. The molecule has 0 radical (unpaired) electrons. The van der Waals surface area contributed by atoms with Crippen LogP contribution in [0.3, 0.4) is 0 Å². The van der Waals surface area contributed by atoms with Gasteiger partial charge in [0, 0.05) is 26.7 Å². The van der Waals surface area contributed by atoms with Gasteiger partial charge < -0.3 is 15.8 Å². The van der Waals surface area contributed by atoms with Gasteiger partial charge >= 0.3 is 5.97 Å². The van der Waals surface area contributed by atoms with Gasteiger partial charge in [0.05, 0.1) is 19.6 Å². The van der Waals surface area contributed by atoms with Crippen LogP contribution in [0.2, 0.25) is 5.02 Å². The Morgan fingerprint density at radius 2 is 1.84 bits per heavy atom. The number of nitrogens with two attached hydrogens (primary N) is 1. The summed E-state index contributed by atoms with van der Waals surface area (Å²) in [5, 5.41) is 4.90. The minimum absolute atomic E-state index is 0.0881. The summed E-state index contributed by atoms with van der Waals surface area (Å²) in [6.45, 7) is 1.36. The van der Waals surface area contributed by atoms with Crippen LogP contribution in [0.5, 0.6) is 0 Å². The zero-order valence-electron chi connectivity index (χ0n) is 17.1. The van der Waals surface area contributed by atoms with E-state index in [2.05, 4.69) is 5.32 Å². The van der Waals surface area contributed by atoms with Gasteiger partial charge in [0.15, 0.2) is 5.78 Å². The van der Waals surface area contributed by atoms with Crippen LogP contribution in [0.4, 0.5) is 8.78 Å². The summed E-state index contributed by atoms with van der Waals surface area (Å²) in [5.41, 5.74) is 4.41. The first-order chi connectivity index (χ1) is 15.1. The van der Waals surface area contributed by atoms with Crippen LogP contribution < -0.4 is 11.1 Å². The van der Waals surface area contributed by atoms with E-state index >= 15 is 0 Å². The molecule has 0 spiro atoms. The Morgan fingerprint density at radius 1 is 1.19 bits per heavy atom. The molecular weight excluding hydrogens is 462 g/mol. The first-order valence-electron chi connectivity index (χ1n) is 9.39. The van der Waals surface area contributed by atoms with Gasteiger partial charge in [0.1, 0.15) is 11.6 Å². The van der Waals surface area contributed by atoms with Gasteiger partial charge in [-0.15, -0.1) is 11.3 Å². The van der Waals surface area contributed by atoms with Gasteiger partial charge in [-0.1, -0.05) is 11.6 Å². The molecule has 3 N–H and O–H groups in total. The van der Waals surface area contributed by atoms with Crippen LogP contribution in [0.1, 0.15) is 18.1 Å². The smallest absolute Gasteiger partial charge is 0.338 e. The van der Waals surface area contributed by atoms with E-state index in [9.17, 15) is 23.2 Å². The minimum atomic E-state index is -2.21. The van der Waals surface area contributed by atoms with E-state index in [0.29, 0.717) is 16.5 Å². The van der Waals surface area contributed by atoms with E-state index in [4.69, 9.17) is 22.1 Å². The predicted molar refractivity (Wildman–Crippen MR) is 117 cm³/mol. The van der Waals surface area contributed by atoms with Crippen LogP contribution in [0.25, 0.3) is 10.1 Å². The number of esters is 1. The second-order valence-corrected chi connectivity index (χ2v) is 8.55. The normalized spacial score (nSPS) is 13.9. The van der Waals surface area contributed by atoms with Crippen molar-refractivity contribution in [3.8, 4) is 0 Å². The number of ketones is 1. The molecule has 2 aromatic carbocycles. The van der Waals surface area contributed by atoms with Crippen molar-refractivity contribution < 1.29 is 27.9 Å². The molecule has 10 heteroatoms. The Labute approximate surface area is 191 Å². The third-order valence-corrected chi connectivity index (χ3v) is 6.11. The molecule has 0 bridgehead atoms. The Kier molecular flexibility index (Phi) is 6.92. The molecule has 0 aliphatic heterocycles. The molecule has 0 fully saturated rings. The Bertz CT molecular complexity index is 1200. The summed E-state index contributed by atoms with van der Waals surface area (Å²) >= 11 is 7.34. The van der Waals surface area contributed by atoms with E-state index in [-0.39, 0.29) is 17.5 Å². The maximum atomic E-state index is 13.4. The number of fused-ring (bicyclic) bond motifs is 1. The molecule has 3 aromatic rings. The number of hydrogen-bond acceptors (Lipinski definition) is 6. The minimum Gasteiger partial charge on any atom is -0.467 e. The summed E-state index contributed by atoms with van der Waals surface area (Å²) < 4.78 is 32.3. The monoisotopic (exact) mass is 480 g/mol. The van der Waals surface area contributed by atoms with Gasteiger partial charge in [-0.05, 0) is 48.2 Å². The highest BCUT2D eigenvalue weighted by Crippen LogP contribution is 2.36. The lowest BCUT2D eigenvalue weighted by Gasteiger charge is -2.28. The van der Waals surface area contributed by atoms with Gasteiger partial charge in [-0.25, -0.2) is 13.6 Å². The number of carbonyl (C=O) groups is 3. The summed E-state index contributed by atoms with van der Waals surface area (Å²) in [4.78, 5) is 38.3. The second kappa shape index (κ2) is 9.32. The number of amides is 1. The molecule has 32 heavy (non-hydrogen) atoms. The number of benzene rings is 2. The molecule has 1 unspecified atom stereocenters. The fraction of sp³-hybridized carbons (Fsp3) is 0.227. The van der Waals surface area contributed by atoms with Gasteiger partial charge in [-0.3, -0.25) is 9.59 Å². The zero-order chi connectivity index (χ0) is 23.6. The SMILES string of the molecule is COC(=O)C(N)(C(=O)[C@H](C)NC(=O)Cc1cc(F)cc(F)c1)c1csc2ccc(Cl)cc12. The van der Waals surface area contributed by atoms with E-state index < -0.39 is 40.9 Å². The van der Waals surface area contributed by atoms with Crippen LogP contribution in [0, 0.1) is 11.6 Å². The van der Waals surface area contributed by atoms with Crippen molar-refractivity contribution in [1.82, 2.24) is 5.32 Å². The largest absolute Gasteiger partial charge is 0.467 e. The van der Waals surface area contributed by atoms with Crippen molar-refractivity contribution >= 4 is 50.7 Å². The molecule has 2 atom stereocenters. The Hall–Kier alpha value is -2.88. The van der Waals surface area contributed by atoms with Crippen molar-refractivity contribution in [2.75, 3.05) is 7.11 Å². The second-order valence-electron chi connectivity index (χ2n) is 7.20. The first kappa shape index (κ1) is 23.8. The molecule has 3 rings (SSSR count). The van der Waals surface area contributed by atoms with E-state index in [0.717, 1.165) is 23.9 Å². The topological polar surface area (TPSA) is 98.5 Å². The van der Waals surface area contributed by atoms with Crippen LogP contribution in [-0.4, -0.2) is 30.8 Å². The van der Waals surface area contributed by atoms with Crippen LogP contribution in [-0.2, 0) is 31.1 Å². The van der Waals surface area contributed by atoms with Crippen molar-refractivity contribution in [2.24, 2.45) is 5.73 Å². The lowest BCUT2D eigenvalue weighted by molar-refractivity contribution is -0.152. The average molecular weight is 481 g/mol. The molecule has 168 valence electrons. The number of ether oxygens (including phenoxy) is 1. The standard InChI is InChI=1S/C22H19ClF2N2O4S/c1-11(27-19(28)7-12-5-14(24)9-15(25)6-12)20(29)22(26,21(30)31-2)17-10-32-18-4-3-13(23)8-16(17)18/h3-6,8-11H,7,26H2,1-2H3,(H,27,28)/t11-,22?/m0/s1. The number of nitrogens with one attached hydrogen (secondary N) is 1. The lowest BCUT2D eigenvalue weighted by Crippen LogP contribution is -2.58. The van der Waals surface area contributed by atoms with Crippen LogP contribution >= 0.6 is 22.9 Å². The Balaban J connectivity index is 1.89. The van der Waals surface area contributed by atoms with Crippen molar-refractivity contribution in [2.45, 2.75) is 24.9 Å². The number of rotatable bonds is 7. The van der Waals surface area contributed by atoms with E-state index in [1.807, 2.05) is 0 Å². The van der Waals surface area contributed by atoms with E-state index in [1.54, 1.807) is 23.6 Å². The van der Waals surface area contributed by atoms with Gasteiger partial charge in [0.2, 0.25) is 11.4 Å². The highest BCUT2D eigenvalue weighted by molar-refractivity contribution is 7.17. The quantitative estimate of drug-likeness (QED) is 0.398. The van der Waals surface area contributed by atoms with Gasteiger partial charge in [0.25, 0.3) is 0 Å². The predicted octanol–water partition coefficient (Wildman–Crippen LogP) is 3.48. The number of Topliss-reactive ketones (excluding diaryl/α,β-unsaturated/α-hetero) is 1. The fourth-order valence-corrected chi connectivity index (χ4v) is 4.58. The van der Waals surface area contributed by atoms with Crippen LogP contribution in [0.15, 0.2) is 41.8 Å². The fourth-order valence-electron chi connectivity index (χ4n) is 3.41. The number of hydrogen-bond donors (Lipinski definition) is 2. The maximum absolute atomic E-state index is 13.4. The molecule has 0 saturated heterocycles. The molecule has 1 heterocycles. The summed E-state index contributed by atoms with van der Waals surface area (Å²) in [7, 11) is 1.10. The van der Waals surface area contributed by atoms with Crippen molar-refractivity contribution in [1.29, 1.82) is 0 Å². The number of methoxy groups -OCH3 is 1. The number of carbonyl (C=O) groups excluding carboxylic acids is 3. The molecule has 1 aromatic heterocycles. The van der Waals surface area contributed by atoms with Gasteiger partial charge in [-0.2, -0.15) is 0 Å². The molecule has 6 nitrogen and oxygen atoms in total. The highest BCUT2D eigenvalue weighted by atomic mass is 35.5. The third-order valence-electron chi connectivity index (χ3n) is 4.91. The first-order valence-corrected chi connectivity index (χ1v) is 10.6. The van der Waals surface area contributed by atoms with Crippen molar-refractivity contribution in [3.63, 3.8) is 0 Å². The van der Waals surface area contributed by atoms with E-state index in [1.165, 1.54) is 18.3 Å². The summed E-state index contributed by atoms with van der Waals surface area (Å²) in [5.74, 6) is -4.15. The average Bonchev–Trinajstić information content (AvgIpc) is 3.14. The highest BCUT2D eigenvalue weighted by Gasteiger charge is 2.48. The maximum Gasteiger partial charge on any atom is 0.338 e. The summed E-state index contributed by atoms with van der Waals surface area (Å²) in [6, 6.07) is 6.49. The molecule has 0 saturated carbocycles. The molecular formula is C22H19ClF2N2O4S. The number of thiophene rings is 1. The summed E-state index contributed by atoms with van der Waals surface area (Å²) in [6.07, 6.45) is -0.376. The molecule has 0 aliphatic rings. The van der Waals surface area contributed by atoms with Crippen molar-refractivity contribution in [3.05, 3.63) is 69.6 Å². The number of halogens is 3. The Morgan fingerprint density at radius 3 is 2.47 bits per heavy atom. The molecule has 0 aliphatic carbocycles. The lowest BCUT2D eigenvalue weighted by atomic mass is 9.83.